The molecule has 5 nitrogen and oxygen atoms in total. The van der Waals surface area contributed by atoms with Gasteiger partial charge in [0.1, 0.15) is 12.4 Å². The van der Waals surface area contributed by atoms with Gasteiger partial charge in [0.2, 0.25) is 0 Å². The summed E-state index contributed by atoms with van der Waals surface area (Å²) in [6.45, 7) is -2.65. The maximum atomic E-state index is 13.6. The first-order valence-electron chi connectivity index (χ1n) is 7.50. The number of carbonyl (C=O) groups excluding carboxylic acids is 1. The predicted molar refractivity (Wildman–Crippen MR) is 91.6 cm³/mol. The third-order valence-electron chi connectivity index (χ3n) is 3.24. The number of halogens is 4. The second-order valence-electron chi connectivity index (χ2n) is 5.18. The minimum absolute atomic E-state index is 0.108. The average molecular weight is 389 g/mol. The van der Waals surface area contributed by atoms with Crippen LogP contribution in [0.5, 0.6) is 11.5 Å². The Morgan fingerprint density at radius 2 is 2.04 bits per heavy atom. The Morgan fingerprint density at radius 1 is 1.27 bits per heavy atom. The molecule has 0 unspecified atom stereocenters. The van der Waals surface area contributed by atoms with Gasteiger partial charge in [0, 0.05) is 23.8 Å². The first-order chi connectivity index (χ1) is 12.3. The molecule has 2 amide bonds. The molecule has 2 aromatic carbocycles. The Hall–Kier alpha value is -2.61. The van der Waals surface area contributed by atoms with E-state index in [4.69, 9.17) is 16.3 Å². The van der Waals surface area contributed by atoms with Crippen molar-refractivity contribution in [2.45, 2.75) is 6.61 Å². The summed E-state index contributed by atoms with van der Waals surface area (Å²) in [6.07, 6.45) is 0. The number of benzene rings is 2. The molecule has 9 heteroatoms. The minimum atomic E-state index is -3.13. The van der Waals surface area contributed by atoms with E-state index < -0.39 is 24.2 Å². The van der Waals surface area contributed by atoms with Crippen molar-refractivity contribution in [2.75, 3.05) is 25.5 Å². The van der Waals surface area contributed by atoms with E-state index >= 15 is 0 Å². The summed E-state index contributed by atoms with van der Waals surface area (Å²) >= 11 is 5.84. The number of amides is 2. The molecule has 0 saturated heterocycles. The molecule has 2 aromatic rings. The van der Waals surface area contributed by atoms with Gasteiger partial charge in [-0.3, -0.25) is 0 Å². The van der Waals surface area contributed by atoms with E-state index in [1.165, 1.54) is 18.0 Å². The van der Waals surface area contributed by atoms with Crippen molar-refractivity contribution in [2.24, 2.45) is 0 Å². The molecule has 1 N–H and O–H groups in total. The molecule has 0 atom stereocenters. The Labute approximate surface area is 153 Å². The van der Waals surface area contributed by atoms with Gasteiger partial charge in [-0.15, -0.1) is 0 Å². The summed E-state index contributed by atoms with van der Waals surface area (Å²) in [7, 11) is 1.53. The summed E-state index contributed by atoms with van der Waals surface area (Å²) in [6, 6.07) is 9.49. The zero-order chi connectivity index (χ0) is 19.1. The molecule has 0 aliphatic rings. The summed E-state index contributed by atoms with van der Waals surface area (Å²) in [5, 5.41) is 2.99. The smallest absolute Gasteiger partial charge is 0.387 e. The lowest BCUT2D eigenvalue weighted by atomic mass is 10.3. The number of urea groups is 1. The zero-order valence-electron chi connectivity index (χ0n) is 13.7. The molecule has 140 valence electrons. The maximum Gasteiger partial charge on any atom is 0.387 e. The number of rotatable bonds is 7. The van der Waals surface area contributed by atoms with Crippen LogP contribution < -0.4 is 14.8 Å². The van der Waals surface area contributed by atoms with E-state index in [1.807, 2.05) is 0 Å². The molecule has 0 heterocycles. The van der Waals surface area contributed by atoms with Crippen LogP contribution in [0.2, 0.25) is 5.02 Å². The first kappa shape index (κ1) is 19.7. The lowest BCUT2D eigenvalue weighted by Crippen LogP contribution is -2.34. The average Bonchev–Trinajstić information content (AvgIpc) is 2.57. The van der Waals surface area contributed by atoms with Crippen molar-refractivity contribution in [3.63, 3.8) is 0 Å². The van der Waals surface area contributed by atoms with Crippen LogP contribution in [-0.2, 0) is 0 Å². The van der Waals surface area contributed by atoms with Gasteiger partial charge in [-0.2, -0.15) is 8.78 Å². The van der Waals surface area contributed by atoms with E-state index in [9.17, 15) is 18.0 Å². The number of alkyl halides is 2. The van der Waals surface area contributed by atoms with E-state index in [-0.39, 0.29) is 18.8 Å². The highest BCUT2D eigenvalue weighted by Crippen LogP contribution is 2.23. The number of hydrogen-bond acceptors (Lipinski definition) is 3. The lowest BCUT2D eigenvalue weighted by Gasteiger charge is -2.18. The number of nitrogens with zero attached hydrogens (tertiary/aromatic N) is 1. The Morgan fingerprint density at radius 3 is 2.69 bits per heavy atom. The third-order valence-corrected chi connectivity index (χ3v) is 3.47. The van der Waals surface area contributed by atoms with Gasteiger partial charge < -0.3 is 19.7 Å². The van der Waals surface area contributed by atoms with Gasteiger partial charge in [0.15, 0.2) is 11.6 Å². The topological polar surface area (TPSA) is 50.8 Å². The summed E-state index contributed by atoms with van der Waals surface area (Å²) in [5.74, 6) is -1.03. The van der Waals surface area contributed by atoms with Crippen LogP contribution >= 0.6 is 11.6 Å². The zero-order valence-corrected chi connectivity index (χ0v) is 14.5. The summed E-state index contributed by atoms with van der Waals surface area (Å²) in [5.41, 5.74) is 0.108. The van der Waals surface area contributed by atoms with Crippen molar-refractivity contribution in [1.29, 1.82) is 0 Å². The fourth-order valence-electron chi connectivity index (χ4n) is 1.95. The van der Waals surface area contributed by atoms with Crippen molar-refractivity contribution >= 4 is 23.3 Å². The van der Waals surface area contributed by atoms with Gasteiger partial charge in [-0.1, -0.05) is 17.7 Å². The van der Waals surface area contributed by atoms with E-state index in [2.05, 4.69) is 10.1 Å². The fourth-order valence-corrected chi connectivity index (χ4v) is 2.13. The normalized spacial score (nSPS) is 10.5. The Balaban J connectivity index is 1.83. The molecule has 0 aliphatic carbocycles. The monoisotopic (exact) mass is 388 g/mol. The van der Waals surface area contributed by atoms with E-state index in [0.29, 0.717) is 10.8 Å². The summed E-state index contributed by atoms with van der Waals surface area (Å²) in [4.78, 5) is 13.4. The molecule has 0 spiro atoms. The van der Waals surface area contributed by atoms with Gasteiger partial charge in [0.05, 0.1) is 6.54 Å². The highest BCUT2D eigenvalue weighted by atomic mass is 35.5. The molecule has 0 radical (unpaired) electrons. The molecule has 0 fully saturated rings. The SMILES string of the molecule is CN(CCOc1cccc(Cl)c1)C(=O)Nc1ccc(OC(F)F)c(F)c1. The Bertz CT molecular complexity index is 762. The Kier molecular flexibility index (Phi) is 6.97. The quantitative estimate of drug-likeness (QED) is 0.752. The highest BCUT2D eigenvalue weighted by Gasteiger charge is 2.13. The van der Waals surface area contributed by atoms with Crippen LogP contribution in [0.25, 0.3) is 0 Å². The molecule has 0 aromatic heterocycles. The second kappa shape index (κ2) is 9.19. The molecular formula is C17H16ClF3N2O3. The predicted octanol–water partition coefficient (Wildman–Crippen LogP) is 4.62. The van der Waals surface area contributed by atoms with Crippen LogP contribution in [0.15, 0.2) is 42.5 Å². The lowest BCUT2D eigenvalue weighted by molar-refractivity contribution is -0.0521. The van der Waals surface area contributed by atoms with Gasteiger partial charge in [-0.05, 0) is 30.3 Å². The van der Waals surface area contributed by atoms with Crippen molar-refractivity contribution in [3.8, 4) is 11.5 Å². The maximum absolute atomic E-state index is 13.6. The molecule has 2 rings (SSSR count). The second-order valence-corrected chi connectivity index (χ2v) is 5.62. The van der Waals surface area contributed by atoms with Crippen LogP contribution in [0.3, 0.4) is 0 Å². The highest BCUT2D eigenvalue weighted by molar-refractivity contribution is 6.30. The number of likely N-dealkylation sites (N-methyl/N-ethyl adjacent to an activating group) is 1. The first-order valence-corrected chi connectivity index (χ1v) is 7.88. The number of ether oxygens (including phenoxy) is 2. The van der Waals surface area contributed by atoms with Gasteiger partial charge >= 0.3 is 12.6 Å². The molecular weight excluding hydrogens is 373 g/mol. The van der Waals surface area contributed by atoms with Gasteiger partial charge in [-0.25, -0.2) is 9.18 Å². The number of anilines is 1. The standard InChI is InChI=1S/C17H16ClF3N2O3/c1-23(7-8-25-13-4-2-3-11(18)9-13)17(24)22-12-5-6-15(14(19)10-12)26-16(20)21/h2-6,9-10,16H,7-8H2,1H3,(H,22,24). The minimum Gasteiger partial charge on any atom is -0.492 e. The molecule has 0 aliphatic heterocycles. The van der Waals surface area contributed by atoms with Crippen molar-refractivity contribution < 1.29 is 27.4 Å². The van der Waals surface area contributed by atoms with Gasteiger partial charge in [0.25, 0.3) is 0 Å². The number of nitrogens with one attached hydrogen (secondary N) is 1. The number of carbonyl (C=O) groups is 1. The van der Waals surface area contributed by atoms with Crippen molar-refractivity contribution in [3.05, 3.63) is 53.3 Å². The van der Waals surface area contributed by atoms with E-state index in [1.54, 1.807) is 24.3 Å². The number of hydrogen-bond donors (Lipinski definition) is 1. The van der Waals surface area contributed by atoms with Crippen LogP contribution in [0.1, 0.15) is 0 Å². The molecule has 0 bridgehead atoms. The van der Waals surface area contributed by atoms with E-state index in [0.717, 1.165) is 12.1 Å². The van der Waals surface area contributed by atoms with Crippen LogP contribution in [0, 0.1) is 5.82 Å². The molecule has 26 heavy (non-hydrogen) atoms. The van der Waals surface area contributed by atoms with Crippen LogP contribution in [0.4, 0.5) is 23.7 Å². The molecule has 0 saturated carbocycles. The third kappa shape index (κ3) is 6.03. The van der Waals surface area contributed by atoms with Crippen molar-refractivity contribution in [1.82, 2.24) is 4.90 Å². The fraction of sp³-hybridized carbons (Fsp3) is 0.235. The summed E-state index contributed by atoms with van der Waals surface area (Å²) < 4.78 is 47.3. The van der Waals surface area contributed by atoms with Crippen LogP contribution in [-0.4, -0.2) is 37.7 Å². The largest absolute Gasteiger partial charge is 0.492 e.